The zero-order valence-corrected chi connectivity index (χ0v) is 12.6. The molecule has 1 saturated heterocycles. The quantitative estimate of drug-likeness (QED) is 0.796. The Bertz CT molecular complexity index is 441. The molecule has 1 spiro atoms. The van der Waals surface area contributed by atoms with Crippen LogP contribution in [-0.2, 0) is 9.59 Å². The fourth-order valence-corrected chi connectivity index (χ4v) is 4.42. The van der Waals surface area contributed by atoms with Gasteiger partial charge in [0.25, 0.3) is 0 Å². The maximum Gasteiger partial charge on any atom is 0.307 e. The average Bonchev–Trinajstić information content (AvgIpc) is 2.95. The van der Waals surface area contributed by atoms with Gasteiger partial charge in [0, 0.05) is 13.1 Å². The molecule has 0 aromatic carbocycles. The smallest absolute Gasteiger partial charge is 0.307 e. The lowest BCUT2D eigenvalue weighted by Gasteiger charge is -2.41. The molecular weight excluding hydrogens is 266 g/mol. The second-order valence-corrected chi connectivity index (χ2v) is 7.03. The third-order valence-electron chi connectivity index (χ3n) is 5.87. The van der Waals surface area contributed by atoms with Crippen LogP contribution in [0.3, 0.4) is 0 Å². The Kier molecular flexibility index (Phi) is 4.05. The van der Waals surface area contributed by atoms with Crippen molar-refractivity contribution < 1.29 is 14.7 Å². The largest absolute Gasteiger partial charge is 0.481 e. The van der Waals surface area contributed by atoms with Crippen LogP contribution in [0.15, 0.2) is 12.2 Å². The molecule has 116 valence electrons. The minimum Gasteiger partial charge on any atom is -0.481 e. The summed E-state index contributed by atoms with van der Waals surface area (Å²) in [6, 6.07) is 0. The summed E-state index contributed by atoms with van der Waals surface area (Å²) in [7, 11) is 0. The second-order valence-electron chi connectivity index (χ2n) is 7.03. The highest BCUT2D eigenvalue weighted by Crippen LogP contribution is 2.46. The Morgan fingerprint density at radius 3 is 2.10 bits per heavy atom. The van der Waals surface area contributed by atoms with Crippen LogP contribution in [-0.4, -0.2) is 35.0 Å². The Labute approximate surface area is 126 Å². The van der Waals surface area contributed by atoms with Crippen LogP contribution >= 0.6 is 0 Å². The molecule has 1 saturated carbocycles. The lowest BCUT2D eigenvalue weighted by Crippen LogP contribution is -2.47. The molecule has 2 atom stereocenters. The fraction of sp³-hybridized carbons (Fsp3) is 0.765. The van der Waals surface area contributed by atoms with Crippen molar-refractivity contribution in [2.75, 3.05) is 13.1 Å². The predicted molar refractivity (Wildman–Crippen MR) is 79.7 cm³/mol. The SMILES string of the molecule is O=C(O)[C@H]1CC=CC[C@H]1C(=O)N1CCC2(CCCC2)CC1. The Balaban J connectivity index is 1.63. The number of carboxylic acid groups (broad SMARTS) is 1. The number of carbonyl (C=O) groups is 2. The molecule has 0 radical (unpaired) electrons. The van der Waals surface area contributed by atoms with E-state index in [4.69, 9.17) is 0 Å². The van der Waals surface area contributed by atoms with Gasteiger partial charge in [-0.1, -0.05) is 25.0 Å². The van der Waals surface area contributed by atoms with Gasteiger partial charge in [-0.05, 0) is 43.9 Å². The van der Waals surface area contributed by atoms with E-state index in [-0.39, 0.29) is 11.8 Å². The van der Waals surface area contributed by atoms with Gasteiger partial charge in [-0.3, -0.25) is 9.59 Å². The van der Waals surface area contributed by atoms with Gasteiger partial charge in [-0.15, -0.1) is 0 Å². The topological polar surface area (TPSA) is 57.6 Å². The van der Waals surface area contributed by atoms with Gasteiger partial charge in [0.1, 0.15) is 0 Å². The molecule has 2 aliphatic carbocycles. The minimum absolute atomic E-state index is 0.0691. The first-order valence-corrected chi connectivity index (χ1v) is 8.28. The number of hydrogen-bond acceptors (Lipinski definition) is 2. The normalized spacial score (nSPS) is 31.5. The van der Waals surface area contributed by atoms with Crippen molar-refractivity contribution in [2.24, 2.45) is 17.3 Å². The molecule has 0 bridgehead atoms. The van der Waals surface area contributed by atoms with E-state index in [1.807, 2.05) is 17.1 Å². The molecule has 4 heteroatoms. The number of amides is 1. The molecule has 2 fully saturated rings. The van der Waals surface area contributed by atoms with Crippen LogP contribution in [0, 0.1) is 17.3 Å². The molecule has 0 aromatic heterocycles. The van der Waals surface area contributed by atoms with Crippen LogP contribution in [0.2, 0.25) is 0 Å². The van der Waals surface area contributed by atoms with E-state index < -0.39 is 11.9 Å². The number of carboxylic acids is 1. The van der Waals surface area contributed by atoms with Crippen LogP contribution in [0.25, 0.3) is 0 Å². The molecule has 1 N–H and O–H groups in total. The molecule has 21 heavy (non-hydrogen) atoms. The summed E-state index contributed by atoms with van der Waals surface area (Å²) in [5.74, 6) is -1.66. The van der Waals surface area contributed by atoms with E-state index >= 15 is 0 Å². The van der Waals surface area contributed by atoms with E-state index in [1.165, 1.54) is 25.7 Å². The molecule has 3 aliphatic rings. The van der Waals surface area contributed by atoms with Crippen LogP contribution in [0.4, 0.5) is 0 Å². The number of aliphatic carboxylic acids is 1. The van der Waals surface area contributed by atoms with E-state index in [1.54, 1.807) is 0 Å². The first kappa shape index (κ1) is 14.6. The zero-order valence-electron chi connectivity index (χ0n) is 12.6. The predicted octanol–water partition coefficient (Wildman–Crippen LogP) is 2.84. The van der Waals surface area contributed by atoms with Crippen molar-refractivity contribution in [1.82, 2.24) is 4.90 Å². The Morgan fingerprint density at radius 1 is 0.952 bits per heavy atom. The molecule has 1 amide bonds. The fourth-order valence-electron chi connectivity index (χ4n) is 4.42. The van der Waals surface area contributed by atoms with Crippen molar-refractivity contribution in [3.63, 3.8) is 0 Å². The van der Waals surface area contributed by atoms with Gasteiger partial charge >= 0.3 is 5.97 Å². The standard InChI is InChI=1S/C17H25NO3/c19-15(13-5-1-2-6-14(13)16(20)21)18-11-9-17(10-12-18)7-3-4-8-17/h1-2,13-14H,3-12H2,(H,20,21)/t13-,14+/m1/s1. The number of nitrogens with zero attached hydrogens (tertiary/aromatic N) is 1. The third-order valence-corrected chi connectivity index (χ3v) is 5.87. The molecule has 1 aliphatic heterocycles. The van der Waals surface area contributed by atoms with Crippen LogP contribution in [0.1, 0.15) is 51.4 Å². The summed E-state index contributed by atoms with van der Waals surface area (Å²) in [5.41, 5.74) is 0.495. The van der Waals surface area contributed by atoms with Gasteiger partial charge in [0.2, 0.25) is 5.91 Å². The van der Waals surface area contributed by atoms with Gasteiger partial charge in [-0.2, -0.15) is 0 Å². The van der Waals surface area contributed by atoms with E-state index in [0.29, 0.717) is 18.3 Å². The average molecular weight is 291 g/mol. The molecule has 4 nitrogen and oxygen atoms in total. The minimum atomic E-state index is -0.832. The maximum absolute atomic E-state index is 12.7. The highest BCUT2D eigenvalue weighted by molar-refractivity contribution is 5.85. The van der Waals surface area contributed by atoms with Crippen LogP contribution in [0.5, 0.6) is 0 Å². The maximum atomic E-state index is 12.7. The number of allylic oxidation sites excluding steroid dienone is 2. The van der Waals surface area contributed by atoms with Crippen LogP contribution < -0.4 is 0 Å². The third kappa shape index (κ3) is 2.85. The first-order valence-electron chi connectivity index (χ1n) is 8.28. The van der Waals surface area contributed by atoms with E-state index in [0.717, 1.165) is 25.9 Å². The zero-order chi connectivity index (χ0) is 14.9. The monoisotopic (exact) mass is 291 g/mol. The summed E-state index contributed by atoms with van der Waals surface area (Å²) in [4.78, 5) is 26.0. The highest BCUT2D eigenvalue weighted by atomic mass is 16.4. The van der Waals surface area contributed by atoms with E-state index in [9.17, 15) is 14.7 Å². The molecule has 0 unspecified atom stereocenters. The van der Waals surface area contributed by atoms with Crippen molar-refractivity contribution in [2.45, 2.75) is 51.4 Å². The number of carbonyl (C=O) groups excluding carboxylic acids is 1. The van der Waals surface area contributed by atoms with Crippen molar-refractivity contribution in [3.8, 4) is 0 Å². The highest BCUT2D eigenvalue weighted by Gasteiger charge is 2.41. The summed E-state index contributed by atoms with van der Waals surface area (Å²) < 4.78 is 0. The van der Waals surface area contributed by atoms with Gasteiger partial charge in [0.05, 0.1) is 11.8 Å². The number of hydrogen-bond donors (Lipinski definition) is 1. The number of likely N-dealkylation sites (tertiary alicyclic amines) is 1. The van der Waals surface area contributed by atoms with E-state index in [2.05, 4.69) is 0 Å². The van der Waals surface area contributed by atoms with Crippen molar-refractivity contribution >= 4 is 11.9 Å². The molecule has 3 rings (SSSR count). The number of rotatable bonds is 2. The lowest BCUT2D eigenvalue weighted by atomic mass is 9.76. The van der Waals surface area contributed by atoms with Crippen molar-refractivity contribution in [1.29, 1.82) is 0 Å². The van der Waals surface area contributed by atoms with Crippen molar-refractivity contribution in [3.05, 3.63) is 12.2 Å². The first-order chi connectivity index (χ1) is 10.1. The Hall–Kier alpha value is -1.32. The van der Waals surface area contributed by atoms with Gasteiger partial charge in [0.15, 0.2) is 0 Å². The summed E-state index contributed by atoms with van der Waals surface area (Å²) >= 11 is 0. The van der Waals surface area contributed by atoms with Gasteiger partial charge < -0.3 is 10.0 Å². The summed E-state index contributed by atoms with van der Waals surface area (Å²) in [6.07, 6.45) is 12.5. The number of piperidine rings is 1. The summed E-state index contributed by atoms with van der Waals surface area (Å²) in [5, 5.41) is 9.32. The van der Waals surface area contributed by atoms with Gasteiger partial charge in [-0.25, -0.2) is 0 Å². The molecular formula is C17H25NO3. The molecule has 1 heterocycles. The lowest BCUT2D eigenvalue weighted by molar-refractivity contribution is -0.151. The summed E-state index contributed by atoms with van der Waals surface area (Å²) in [6.45, 7) is 1.65. The Morgan fingerprint density at radius 2 is 1.52 bits per heavy atom. The molecule has 0 aromatic rings. The second kappa shape index (κ2) is 5.82.